The van der Waals surface area contributed by atoms with E-state index in [-0.39, 0.29) is 5.54 Å². The minimum atomic E-state index is -0.957. The van der Waals surface area contributed by atoms with Crippen molar-refractivity contribution in [2.45, 2.75) is 52.2 Å². The zero-order chi connectivity index (χ0) is 14.0. The van der Waals surface area contributed by atoms with Crippen LogP contribution in [-0.2, 0) is 5.60 Å². The summed E-state index contributed by atoms with van der Waals surface area (Å²) >= 11 is 0. The van der Waals surface area contributed by atoms with E-state index >= 15 is 0 Å². The average Bonchev–Trinajstić information content (AvgIpc) is 2.19. The van der Waals surface area contributed by atoms with E-state index in [2.05, 4.69) is 31.1 Å². The van der Waals surface area contributed by atoms with Crippen LogP contribution in [0.25, 0.3) is 0 Å². The van der Waals surface area contributed by atoms with E-state index in [1.165, 1.54) is 0 Å². The van der Waals surface area contributed by atoms with Crippen LogP contribution < -0.4 is 11.1 Å². The summed E-state index contributed by atoms with van der Waals surface area (Å²) in [5.41, 5.74) is 6.64. The predicted molar refractivity (Wildman–Crippen MR) is 75.3 cm³/mol. The molecule has 0 spiro atoms. The molecule has 0 aliphatic carbocycles. The van der Waals surface area contributed by atoms with Crippen LogP contribution in [0.4, 0.5) is 5.82 Å². The van der Waals surface area contributed by atoms with Gasteiger partial charge in [0.25, 0.3) is 0 Å². The second-order valence-electron chi connectivity index (χ2n) is 6.15. The van der Waals surface area contributed by atoms with E-state index in [1.807, 2.05) is 13.0 Å². The third-order valence-corrected chi connectivity index (χ3v) is 2.90. The monoisotopic (exact) mass is 251 g/mol. The molecule has 0 aliphatic heterocycles. The number of nitrogens with two attached hydrogens (primary N) is 1. The lowest BCUT2D eigenvalue weighted by molar-refractivity contribution is 0.0468. The maximum absolute atomic E-state index is 10.5. The Balaban J connectivity index is 2.76. The van der Waals surface area contributed by atoms with Crippen LogP contribution in [-0.4, -0.2) is 22.2 Å². The number of nitrogens with zero attached hydrogens (tertiary/aromatic N) is 1. The Labute approximate surface area is 110 Å². The fourth-order valence-corrected chi connectivity index (χ4v) is 1.83. The van der Waals surface area contributed by atoms with Crippen LogP contribution in [0, 0.1) is 6.92 Å². The summed E-state index contributed by atoms with van der Waals surface area (Å²) in [6.45, 7) is 10.8. The van der Waals surface area contributed by atoms with E-state index in [4.69, 9.17) is 5.73 Å². The molecule has 0 amide bonds. The van der Waals surface area contributed by atoms with E-state index in [0.717, 1.165) is 12.1 Å². The van der Waals surface area contributed by atoms with Crippen molar-refractivity contribution in [2.24, 2.45) is 0 Å². The Kier molecular flexibility index (Phi) is 4.35. The lowest BCUT2D eigenvalue weighted by Gasteiger charge is -2.28. The molecule has 1 aromatic heterocycles. The highest BCUT2D eigenvalue weighted by molar-refractivity contribution is 5.44. The van der Waals surface area contributed by atoms with E-state index in [9.17, 15) is 5.11 Å². The van der Waals surface area contributed by atoms with Crippen molar-refractivity contribution in [2.75, 3.05) is 12.3 Å². The molecule has 0 saturated heterocycles. The molecule has 1 aromatic rings. The molecule has 18 heavy (non-hydrogen) atoms. The van der Waals surface area contributed by atoms with Gasteiger partial charge in [0.2, 0.25) is 0 Å². The van der Waals surface area contributed by atoms with Gasteiger partial charge in [-0.3, -0.25) is 0 Å². The van der Waals surface area contributed by atoms with Crippen LogP contribution in [0.15, 0.2) is 12.3 Å². The zero-order valence-corrected chi connectivity index (χ0v) is 12.0. The molecule has 0 saturated carbocycles. The van der Waals surface area contributed by atoms with Crippen molar-refractivity contribution in [3.63, 3.8) is 0 Å². The molecule has 0 aromatic carbocycles. The lowest BCUT2D eigenvalue weighted by atomic mass is 9.91. The first-order chi connectivity index (χ1) is 8.12. The summed E-state index contributed by atoms with van der Waals surface area (Å²) < 4.78 is 0. The van der Waals surface area contributed by atoms with E-state index in [0.29, 0.717) is 17.8 Å². The molecule has 1 heterocycles. The summed E-state index contributed by atoms with van der Waals surface area (Å²) in [5, 5.41) is 13.9. The van der Waals surface area contributed by atoms with Crippen LogP contribution in [0.1, 0.15) is 45.2 Å². The molecule has 1 rings (SSSR count). The van der Waals surface area contributed by atoms with Gasteiger partial charge in [-0.1, -0.05) is 0 Å². The standard InChI is InChI=1S/C14H25N3O/c1-10-8-11(12(15)16-9-10)14(5,18)6-7-17-13(2,3)4/h8-9,17-18H,6-7H2,1-5H3,(H2,15,16). The van der Waals surface area contributed by atoms with Crippen molar-refractivity contribution in [3.05, 3.63) is 23.4 Å². The van der Waals surface area contributed by atoms with Crippen LogP contribution >= 0.6 is 0 Å². The topological polar surface area (TPSA) is 71.2 Å². The third kappa shape index (κ3) is 4.27. The molecule has 4 heteroatoms. The van der Waals surface area contributed by atoms with Gasteiger partial charge in [0, 0.05) is 17.3 Å². The number of rotatable bonds is 4. The van der Waals surface area contributed by atoms with Crippen molar-refractivity contribution in [1.29, 1.82) is 0 Å². The third-order valence-electron chi connectivity index (χ3n) is 2.90. The summed E-state index contributed by atoms with van der Waals surface area (Å²) in [6.07, 6.45) is 2.31. The molecule has 4 N–H and O–H groups in total. The van der Waals surface area contributed by atoms with Gasteiger partial charge in [-0.25, -0.2) is 4.98 Å². The first kappa shape index (κ1) is 14.9. The van der Waals surface area contributed by atoms with Crippen molar-refractivity contribution >= 4 is 5.82 Å². The molecule has 0 aliphatic rings. The molecule has 1 unspecified atom stereocenters. The van der Waals surface area contributed by atoms with Gasteiger partial charge in [-0.05, 0) is 59.2 Å². The molecule has 1 atom stereocenters. The average molecular weight is 251 g/mol. The Morgan fingerprint density at radius 2 is 1.94 bits per heavy atom. The normalized spacial score (nSPS) is 15.4. The second kappa shape index (κ2) is 5.24. The molecule has 0 fully saturated rings. The Morgan fingerprint density at radius 3 is 2.50 bits per heavy atom. The largest absolute Gasteiger partial charge is 0.385 e. The first-order valence-electron chi connectivity index (χ1n) is 6.32. The first-order valence-corrected chi connectivity index (χ1v) is 6.32. The highest BCUT2D eigenvalue weighted by Crippen LogP contribution is 2.28. The van der Waals surface area contributed by atoms with Crippen molar-refractivity contribution in [1.82, 2.24) is 10.3 Å². The number of aliphatic hydroxyl groups is 1. The number of aryl methyl sites for hydroxylation is 1. The quantitative estimate of drug-likeness (QED) is 0.765. The maximum Gasteiger partial charge on any atom is 0.129 e. The molecule has 102 valence electrons. The highest BCUT2D eigenvalue weighted by Gasteiger charge is 2.26. The van der Waals surface area contributed by atoms with Gasteiger partial charge in [0.05, 0.1) is 5.60 Å². The Morgan fingerprint density at radius 1 is 1.33 bits per heavy atom. The minimum absolute atomic E-state index is 0.0481. The number of pyridine rings is 1. The summed E-state index contributed by atoms with van der Waals surface area (Å²) in [6, 6.07) is 1.90. The summed E-state index contributed by atoms with van der Waals surface area (Å²) in [4.78, 5) is 4.10. The lowest BCUT2D eigenvalue weighted by Crippen LogP contribution is -2.39. The van der Waals surface area contributed by atoms with Gasteiger partial charge < -0.3 is 16.2 Å². The number of nitrogens with one attached hydrogen (secondary N) is 1. The zero-order valence-electron chi connectivity index (χ0n) is 12.0. The van der Waals surface area contributed by atoms with Gasteiger partial charge in [-0.15, -0.1) is 0 Å². The van der Waals surface area contributed by atoms with Crippen molar-refractivity contribution < 1.29 is 5.11 Å². The van der Waals surface area contributed by atoms with Gasteiger partial charge in [-0.2, -0.15) is 0 Å². The Bertz CT molecular complexity index is 408. The molecule has 0 radical (unpaired) electrons. The van der Waals surface area contributed by atoms with E-state index in [1.54, 1.807) is 13.1 Å². The van der Waals surface area contributed by atoms with Gasteiger partial charge >= 0.3 is 0 Å². The van der Waals surface area contributed by atoms with Gasteiger partial charge in [0.15, 0.2) is 0 Å². The van der Waals surface area contributed by atoms with Crippen LogP contribution in [0.5, 0.6) is 0 Å². The van der Waals surface area contributed by atoms with Gasteiger partial charge in [0.1, 0.15) is 5.82 Å². The number of anilines is 1. The molecule has 4 nitrogen and oxygen atoms in total. The van der Waals surface area contributed by atoms with Crippen LogP contribution in [0.2, 0.25) is 0 Å². The summed E-state index contributed by atoms with van der Waals surface area (Å²) in [5.74, 6) is 0.404. The molecular formula is C14H25N3O. The van der Waals surface area contributed by atoms with Crippen LogP contribution in [0.3, 0.4) is 0 Å². The Hall–Kier alpha value is -1.13. The summed E-state index contributed by atoms with van der Waals surface area (Å²) in [7, 11) is 0. The fourth-order valence-electron chi connectivity index (χ4n) is 1.83. The smallest absolute Gasteiger partial charge is 0.129 e. The highest BCUT2D eigenvalue weighted by atomic mass is 16.3. The maximum atomic E-state index is 10.5. The van der Waals surface area contributed by atoms with E-state index < -0.39 is 5.60 Å². The fraction of sp³-hybridized carbons (Fsp3) is 0.643. The number of aromatic nitrogens is 1. The number of hydrogen-bond acceptors (Lipinski definition) is 4. The molecular weight excluding hydrogens is 226 g/mol. The molecule has 0 bridgehead atoms. The second-order valence-corrected chi connectivity index (χ2v) is 6.15. The minimum Gasteiger partial charge on any atom is -0.385 e. The number of nitrogen functional groups attached to an aromatic ring is 1. The van der Waals surface area contributed by atoms with Crippen molar-refractivity contribution in [3.8, 4) is 0 Å². The number of hydrogen-bond donors (Lipinski definition) is 3. The predicted octanol–water partition coefficient (Wildman–Crippen LogP) is 1.96. The SMILES string of the molecule is Cc1cnc(N)c(C(C)(O)CCNC(C)(C)C)c1.